The van der Waals surface area contributed by atoms with Crippen LogP contribution in [0.15, 0.2) is 0 Å². The van der Waals surface area contributed by atoms with Gasteiger partial charge in [-0.25, -0.2) is 4.79 Å². The number of hydrogen-bond acceptors (Lipinski definition) is 3. The number of carbonyl (C=O) groups is 1. The quantitative estimate of drug-likeness (QED) is 0.440. The SMILES string of the molecule is NC(=O)OCCCPO. The van der Waals surface area contributed by atoms with Crippen LogP contribution in [0.2, 0.25) is 0 Å². The van der Waals surface area contributed by atoms with Crippen LogP contribution in [0.5, 0.6) is 0 Å². The fourth-order valence-corrected chi connectivity index (χ4v) is 0.626. The van der Waals surface area contributed by atoms with E-state index >= 15 is 0 Å². The Kier molecular flexibility index (Phi) is 5.57. The Morgan fingerprint density at radius 3 is 2.89 bits per heavy atom. The predicted octanol–water partition coefficient (Wildman–Crippen LogP) is 0.0576. The summed E-state index contributed by atoms with van der Waals surface area (Å²) in [7, 11) is -0.0709. The molecule has 5 heteroatoms. The highest BCUT2D eigenvalue weighted by molar-refractivity contribution is 7.31. The second kappa shape index (κ2) is 5.79. The molecule has 0 saturated carbocycles. The van der Waals surface area contributed by atoms with Gasteiger partial charge in [0.25, 0.3) is 0 Å². The minimum atomic E-state index is -0.753. The largest absolute Gasteiger partial charge is 0.450 e. The number of nitrogens with two attached hydrogens (primary N) is 1. The first kappa shape index (κ1) is 8.66. The highest BCUT2D eigenvalue weighted by Gasteiger charge is 1.91. The van der Waals surface area contributed by atoms with Crippen LogP contribution in [0.4, 0.5) is 4.79 Å². The van der Waals surface area contributed by atoms with E-state index in [4.69, 9.17) is 4.89 Å². The maximum atomic E-state index is 9.90. The molecule has 3 N–H and O–H groups in total. The number of amides is 1. The van der Waals surface area contributed by atoms with Crippen molar-refractivity contribution in [2.45, 2.75) is 6.42 Å². The van der Waals surface area contributed by atoms with E-state index < -0.39 is 6.09 Å². The van der Waals surface area contributed by atoms with Gasteiger partial charge in [0, 0.05) is 8.81 Å². The molecule has 0 fully saturated rings. The first-order chi connectivity index (χ1) is 4.27. The smallest absolute Gasteiger partial charge is 0.404 e. The summed E-state index contributed by atoms with van der Waals surface area (Å²) < 4.78 is 4.38. The molecule has 0 radical (unpaired) electrons. The van der Waals surface area contributed by atoms with E-state index in [2.05, 4.69) is 10.5 Å². The molecule has 0 bridgehead atoms. The molecule has 0 heterocycles. The molecule has 0 spiro atoms. The third-order valence-electron chi connectivity index (χ3n) is 0.677. The van der Waals surface area contributed by atoms with Crippen molar-refractivity contribution in [1.82, 2.24) is 0 Å². The first-order valence-electron chi connectivity index (χ1n) is 2.56. The van der Waals surface area contributed by atoms with Crippen LogP contribution in [0.25, 0.3) is 0 Å². The van der Waals surface area contributed by atoms with Crippen molar-refractivity contribution >= 4 is 14.9 Å². The van der Waals surface area contributed by atoms with Gasteiger partial charge in [-0.05, 0) is 12.6 Å². The van der Waals surface area contributed by atoms with Crippen molar-refractivity contribution in [3.05, 3.63) is 0 Å². The summed E-state index contributed by atoms with van der Waals surface area (Å²) in [4.78, 5) is 18.2. The van der Waals surface area contributed by atoms with Gasteiger partial charge in [-0.1, -0.05) is 0 Å². The molecular weight excluding hydrogens is 141 g/mol. The van der Waals surface area contributed by atoms with Crippen LogP contribution in [0.1, 0.15) is 6.42 Å². The van der Waals surface area contributed by atoms with Gasteiger partial charge < -0.3 is 15.4 Å². The van der Waals surface area contributed by atoms with E-state index in [0.717, 1.165) is 0 Å². The molecule has 54 valence electrons. The Labute approximate surface area is 55.2 Å². The Morgan fingerprint density at radius 1 is 1.78 bits per heavy atom. The summed E-state index contributed by atoms with van der Waals surface area (Å²) in [5.41, 5.74) is 4.65. The molecule has 1 unspecified atom stereocenters. The summed E-state index contributed by atoms with van der Waals surface area (Å²) in [6.07, 6.45) is 0.599. The number of primary amides is 1. The van der Waals surface area contributed by atoms with E-state index in [1.807, 2.05) is 0 Å². The van der Waals surface area contributed by atoms with Gasteiger partial charge >= 0.3 is 6.09 Å². The molecular formula is C4H10NO3P. The highest BCUT2D eigenvalue weighted by atomic mass is 31.1. The maximum absolute atomic E-state index is 9.90. The topological polar surface area (TPSA) is 72.6 Å². The molecule has 0 aromatic rings. The van der Waals surface area contributed by atoms with Crippen molar-refractivity contribution < 1.29 is 14.4 Å². The van der Waals surface area contributed by atoms with Crippen molar-refractivity contribution in [1.29, 1.82) is 0 Å². The zero-order valence-electron chi connectivity index (χ0n) is 4.96. The normalized spacial score (nSPS) is 10.3. The summed E-state index contributed by atoms with van der Waals surface area (Å²) in [5, 5.41) is 0. The zero-order valence-corrected chi connectivity index (χ0v) is 5.96. The Hall–Kier alpha value is -0.340. The van der Waals surface area contributed by atoms with E-state index in [1.54, 1.807) is 0 Å². The molecule has 0 aliphatic carbocycles. The average Bonchev–Trinajstić information content (AvgIpc) is 1.80. The number of hydrogen-bond donors (Lipinski definition) is 2. The van der Waals surface area contributed by atoms with Crippen LogP contribution < -0.4 is 5.73 Å². The number of rotatable bonds is 4. The zero-order chi connectivity index (χ0) is 7.11. The monoisotopic (exact) mass is 151 g/mol. The average molecular weight is 151 g/mol. The molecule has 0 rings (SSSR count). The molecule has 0 aromatic heterocycles. The second-order valence-corrected chi connectivity index (χ2v) is 2.25. The Balaban J connectivity index is 2.83. The van der Waals surface area contributed by atoms with Gasteiger partial charge in [-0.15, -0.1) is 0 Å². The fraction of sp³-hybridized carbons (Fsp3) is 0.750. The highest BCUT2D eigenvalue weighted by Crippen LogP contribution is 2.02. The molecule has 9 heavy (non-hydrogen) atoms. The summed E-state index contributed by atoms with van der Waals surface area (Å²) >= 11 is 0. The van der Waals surface area contributed by atoms with Crippen molar-refractivity contribution in [2.24, 2.45) is 5.73 Å². The summed E-state index contributed by atoms with van der Waals surface area (Å²) in [6, 6.07) is 0. The minimum Gasteiger partial charge on any atom is -0.450 e. The third kappa shape index (κ3) is 7.66. The van der Waals surface area contributed by atoms with Gasteiger partial charge in [0.1, 0.15) is 0 Å². The Morgan fingerprint density at radius 2 is 2.44 bits per heavy atom. The van der Waals surface area contributed by atoms with Crippen LogP contribution in [-0.2, 0) is 4.74 Å². The van der Waals surface area contributed by atoms with E-state index in [0.29, 0.717) is 19.2 Å². The van der Waals surface area contributed by atoms with Crippen molar-refractivity contribution in [3.8, 4) is 0 Å². The molecule has 1 amide bonds. The number of carbonyl (C=O) groups excluding carboxylic acids is 1. The van der Waals surface area contributed by atoms with Gasteiger partial charge in [0.15, 0.2) is 0 Å². The van der Waals surface area contributed by atoms with Crippen molar-refractivity contribution in [2.75, 3.05) is 12.8 Å². The second-order valence-electron chi connectivity index (χ2n) is 1.43. The lowest BCUT2D eigenvalue weighted by Gasteiger charge is -1.97. The van der Waals surface area contributed by atoms with Crippen LogP contribution in [0.3, 0.4) is 0 Å². The van der Waals surface area contributed by atoms with Crippen LogP contribution in [-0.4, -0.2) is 23.8 Å². The minimum absolute atomic E-state index is 0.0709. The molecule has 0 saturated heterocycles. The lowest BCUT2D eigenvalue weighted by atomic mass is 10.5. The molecule has 1 atom stereocenters. The molecule has 0 aromatic carbocycles. The van der Waals surface area contributed by atoms with Gasteiger partial charge in [0.2, 0.25) is 0 Å². The number of ether oxygens (including phenoxy) is 1. The van der Waals surface area contributed by atoms with E-state index in [1.165, 1.54) is 0 Å². The first-order valence-corrected chi connectivity index (χ1v) is 3.72. The summed E-state index contributed by atoms with van der Waals surface area (Å²) in [5.74, 6) is 0. The van der Waals surface area contributed by atoms with Crippen LogP contribution in [0, 0.1) is 0 Å². The van der Waals surface area contributed by atoms with Crippen molar-refractivity contribution in [3.63, 3.8) is 0 Å². The van der Waals surface area contributed by atoms with E-state index in [-0.39, 0.29) is 8.81 Å². The van der Waals surface area contributed by atoms with Crippen LogP contribution >= 0.6 is 8.81 Å². The fourth-order valence-electron chi connectivity index (χ4n) is 0.324. The molecule has 4 nitrogen and oxygen atoms in total. The lowest BCUT2D eigenvalue weighted by Crippen LogP contribution is -2.13. The van der Waals surface area contributed by atoms with E-state index in [9.17, 15) is 4.79 Å². The molecule has 0 aliphatic rings. The van der Waals surface area contributed by atoms with Gasteiger partial charge in [0.05, 0.1) is 6.61 Å². The van der Waals surface area contributed by atoms with Gasteiger partial charge in [-0.3, -0.25) is 0 Å². The summed E-state index contributed by atoms with van der Waals surface area (Å²) in [6.45, 7) is 0.308. The molecule has 0 aliphatic heterocycles. The van der Waals surface area contributed by atoms with Gasteiger partial charge in [-0.2, -0.15) is 0 Å². The maximum Gasteiger partial charge on any atom is 0.404 e. The lowest BCUT2D eigenvalue weighted by molar-refractivity contribution is 0.157. The third-order valence-corrected chi connectivity index (χ3v) is 1.25. The Bertz CT molecular complexity index is 87.9. The predicted molar refractivity (Wildman–Crippen MR) is 35.6 cm³/mol. The standard InChI is InChI=1S/C4H10NO3P/c5-4(6)8-2-1-3-9-7/h7,9H,1-3H2,(H2,5,6).